The molecule has 0 radical (unpaired) electrons. The molecule has 1 amide bonds. The molecule has 3 rings (SSSR count). The fourth-order valence-corrected chi connectivity index (χ4v) is 3.44. The molecule has 24 heavy (non-hydrogen) atoms. The van der Waals surface area contributed by atoms with Crippen LogP contribution < -0.4 is 4.90 Å². The van der Waals surface area contributed by atoms with Gasteiger partial charge in [0.1, 0.15) is 11.6 Å². The number of likely N-dealkylation sites (N-methyl/N-ethyl adjacent to an activating group) is 1. The van der Waals surface area contributed by atoms with Crippen LogP contribution in [-0.4, -0.2) is 65.4 Å². The molecular weight excluding hydrogens is 302 g/mol. The molecule has 1 aromatic heterocycles. The second-order valence-corrected chi connectivity index (χ2v) is 8.04. The first-order chi connectivity index (χ1) is 11.3. The lowest BCUT2D eigenvalue weighted by molar-refractivity contribution is -0.140. The van der Waals surface area contributed by atoms with E-state index in [-0.39, 0.29) is 11.3 Å². The zero-order chi connectivity index (χ0) is 17.5. The summed E-state index contributed by atoms with van der Waals surface area (Å²) in [4.78, 5) is 28.8. The fourth-order valence-electron chi connectivity index (χ4n) is 3.44. The molecule has 2 aliphatic rings. The molecule has 2 aliphatic heterocycles. The zero-order valence-corrected chi connectivity index (χ0v) is 15.6. The summed E-state index contributed by atoms with van der Waals surface area (Å²) >= 11 is 0. The number of aromatic nitrogens is 2. The molecule has 0 atom stereocenters. The van der Waals surface area contributed by atoms with Crippen molar-refractivity contribution in [1.29, 1.82) is 0 Å². The lowest BCUT2D eigenvalue weighted by Gasteiger charge is -2.38. The minimum Gasteiger partial charge on any atom is -0.354 e. The number of rotatable bonds is 1. The van der Waals surface area contributed by atoms with Crippen LogP contribution >= 0.6 is 0 Å². The highest BCUT2D eigenvalue weighted by molar-refractivity contribution is 5.82. The smallest absolute Gasteiger partial charge is 0.228 e. The Labute approximate surface area is 144 Å². The number of hydrogen-bond donors (Lipinski definition) is 0. The van der Waals surface area contributed by atoms with Crippen molar-refractivity contribution >= 4 is 11.7 Å². The number of carbonyl (C=O) groups is 1. The standard InChI is InChI=1S/C18H29N5O/c1-13-19-15-6-7-23(17(24)18(2,3)4)12-14(15)16(20-13)22-10-8-21(5)9-11-22/h6-12H2,1-5H3. The molecule has 0 saturated carbocycles. The number of carbonyl (C=O) groups excluding carboxylic acids is 1. The summed E-state index contributed by atoms with van der Waals surface area (Å²) in [6, 6.07) is 0. The molecule has 6 heteroatoms. The van der Waals surface area contributed by atoms with Crippen molar-refractivity contribution in [1.82, 2.24) is 19.8 Å². The lowest BCUT2D eigenvalue weighted by atomic mass is 9.93. The normalized spacial score (nSPS) is 19.4. The van der Waals surface area contributed by atoms with Gasteiger partial charge in [-0.2, -0.15) is 0 Å². The first-order valence-electron chi connectivity index (χ1n) is 8.85. The molecule has 0 N–H and O–H groups in total. The van der Waals surface area contributed by atoms with Crippen LogP contribution in [0.1, 0.15) is 37.9 Å². The first kappa shape index (κ1) is 17.1. The Morgan fingerprint density at radius 3 is 2.33 bits per heavy atom. The van der Waals surface area contributed by atoms with Crippen LogP contribution in [0, 0.1) is 12.3 Å². The lowest BCUT2D eigenvalue weighted by Crippen LogP contribution is -2.47. The van der Waals surface area contributed by atoms with E-state index >= 15 is 0 Å². The van der Waals surface area contributed by atoms with E-state index < -0.39 is 0 Å². The van der Waals surface area contributed by atoms with Crippen molar-refractivity contribution in [3.8, 4) is 0 Å². The van der Waals surface area contributed by atoms with Crippen LogP contribution in [0.25, 0.3) is 0 Å². The van der Waals surface area contributed by atoms with Gasteiger partial charge in [-0.05, 0) is 14.0 Å². The van der Waals surface area contributed by atoms with Crippen molar-refractivity contribution in [2.75, 3.05) is 44.7 Å². The van der Waals surface area contributed by atoms with Gasteiger partial charge in [-0.1, -0.05) is 20.8 Å². The third-order valence-corrected chi connectivity index (χ3v) is 4.88. The Morgan fingerprint density at radius 1 is 1.04 bits per heavy atom. The van der Waals surface area contributed by atoms with E-state index in [0.29, 0.717) is 6.54 Å². The van der Waals surface area contributed by atoms with Crippen molar-refractivity contribution < 1.29 is 4.79 Å². The number of piperazine rings is 1. The van der Waals surface area contributed by atoms with Crippen LogP contribution in [0.15, 0.2) is 0 Å². The first-order valence-corrected chi connectivity index (χ1v) is 8.85. The van der Waals surface area contributed by atoms with E-state index in [0.717, 1.165) is 62.0 Å². The van der Waals surface area contributed by atoms with E-state index in [2.05, 4.69) is 21.8 Å². The Kier molecular flexibility index (Phi) is 4.51. The molecule has 1 fully saturated rings. The molecule has 1 saturated heterocycles. The number of anilines is 1. The number of fused-ring (bicyclic) bond motifs is 1. The van der Waals surface area contributed by atoms with E-state index in [1.807, 2.05) is 32.6 Å². The number of nitrogens with zero attached hydrogens (tertiary/aromatic N) is 5. The highest BCUT2D eigenvalue weighted by atomic mass is 16.2. The minimum absolute atomic E-state index is 0.207. The summed E-state index contributed by atoms with van der Waals surface area (Å²) in [6.45, 7) is 13.3. The van der Waals surface area contributed by atoms with Crippen LogP contribution in [-0.2, 0) is 17.8 Å². The second kappa shape index (κ2) is 6.31. The van der Waals surface area contributed by atoms with Gasteiger partial charge in [-0.15, -0.1) is 0 Å². The number of hydrogen-bond acceptors (Lipinski definition) is 5. The summed E-state index contributed by atoms with van der Waals surface area (Å²) in [5, 5.41) is 0. The van der Waals surface area contributed by atoms with Gasteiger partial charge in [-0.25, -0.2) is 9.97 Å². The Balaban J connectivity index is 1.90. The average Bonchev–Trinajstić information content (AvgIpc) is 2.53. The highest BCUT2D eigenvalue weighted by Gasteiger charge is 2.32. The zero-order valence-electron chi connectivity index (χ0n) is 15.6. The van der Waals surface area contributed by atoms with Crippen molar-refractivity contribution in [3.63, 3.8) is 0 Å². The number of aryl methyl sites for hydroxylation is 1. The van der Waals surface area contributed by atoms with Gasteiger partial charge in [0.15, 0.2) is 0 Å². The maximum atomic E-state index is 12.7. The summed E-state index contributed by atoms with van der Waals surface area (Å²) in [5.41, 5.74) is 1.92. The molecule has 0 spiro atoms. The van der Waals surface area contributed by atoms with Crippen LogP contribution in [0.4, 0.5) is 5.82 Å². The van der Waals surface area contributed by atoms with Crippen molar-refractivity contribution in [3.05, 3.63) is 17.1 Å². The predicted octanol–water partition coefficient (Wildman–Crippen LogP) is 1.47. The van der Waals surface area contributed by atoms with E-state index in [1.165, 1.54) is 0 Å². The summed E-state index contributed by atoms with van der Waals surface area (Å²) in [7, 11) is 2.15. The van der Waals surface area contributed by atoms with Gasteiger partial charge in [-0.3, -0.25) is 4.79 Å². The van der Waals surface area contributed by atoms with E-state index in [1.54, 1.807) is 0 Å². The number of amides is 1. The largest absolute Gasteiger partial charge is 0.354 e. The molecular formula is C18H29N5O. The Hall–Kier alpha value is -1.69. The SMILES string of the molecule is Cc1nc2c(c(N3CCN(C)CC3)n1)CN(C(=O)C(C)(C)C)CC2. The topological polar surface area (TPSA) is 52.6 Å². The van der Waals surface area contributed by atoms with Gasteiger partial charge in [0.05, 0.1) is 12.2 Å². The highest BCUT2D eigenvalue weighted by Crippen LogP contribution is 2.29. The quantitative estimate of drug-likeness (QED) is 0.780. The maximum absolute atomic E-state index is 12.7. The maximum Gasteiger partial charge on any atom is 0.228 e. The molecule has 132 valence electrons. The molecule has 3 heterocycles. The van der Waals surface area contributed by atoms with Crippen LogP contribution in [0.3, 0.4) is 0 Å². The third kappa shape index (κ3) is 3.38. The van der Waals surface area contributed by atoms with E-state index in [4.69, 9.17) is 4.98 Å². The summed E-state index contributed by atoms with van der Waals surface area (Å²) in [5.74, 6) is 2.08. The summed E-state index contributed by atoms with van der Waals surface area (Å²) < 4.78 is 0. The van der Waals surface area contributed by atoms with Gasteiger partial charge in [0.2, 0.25) is 5.91 Å². The van der Waals surface area contributed by atoms with Gasteiger partial charge >= 0.3 is 0 Å². The fraction of sp³-hybridized carbons (Fsp3) is 0.722. The van der Waals surface area contributed by atoms with Crippen molar-refractivity contribution in [2.45, 2.75) is 40.7 Å². The molecule has 1 aromatic rings. The predicted molar refractivity (Wildman–Crippen MR) is 95.1 cm³/mol. The van der Waals surface area contributed by atoms with Gasteiger partial charge < -0.3 is 14.7 Å². The van der Waals surface area contributed by atoms with E-state index in [9.17, 15) is 4.79 Å². The second-order valence-electron chi connectivity index (χ2n) is 8.04. The third-order valence-electron chi connectivity index (χ3n) is 4.88. The van der Waals surface area contributed by atoms with Gasteiger partial charge in [0.25, 0.3) is 0 Å². The van der Waals surface area contributed by atoms with Crippen molar-refractivity contribution in [2.24, 2.45) is 5.41 Å². The van der Waals surface area contributed by atoms with Crippen LogP contribution in [0.5, 0.6) is 0 Å². The minimum atomic E-state index is -0.350. The van der Waals surface area contributed by atoms with Gasteiger partial charge in [0, 0.05) is 50.1 Å². The molecule has 0 aliphatic carbocycles. The molecule has 0 unspecified atom stereocenters. The van der Waals surface area contributed by atoms with Crippen LogP contribution in [0.2, 0.25) is 0 Å². The molecule has 0 aromatic carbocycles. The monoisotopic (exact) mass is 331 g/mol. The Bertz CT molecular complexity index is 629. The molecule has 6 nitrogen and oxygen atoms in total. The Morgan fingerprint density at radius 2 is 1.71 bits per heavy atom. The average molecular weight is 331 g/mol. The molecule has 0 bridgehead atoms. The summed E-state index contributed by atoms with van der Waals surface area (Å²) in [6.07, 6.45) is 0.821.